The predicted molar refractivity (Wildman–Crippen MR) is 201 cm³/mol. The molecule has 0 fully saturated rings. The van der Waals surface area contributed by atoms with Crippen molar-refractivity contribution in [3.8, 4) is 5.75 Å². The number of hydrogen-bond acceptors (Lipinski definition) is 6. The van der Waals surface area contributed by atoms with Gasteiger partial charge in [0.2, 0.25) is 0 Å². The molecule has 0 spiro atoms. The van der Waals surface area contributed by atoms with Crippen LogP contribution in [0, 0.1) is 5.41 Å². The highest BCUT2D eigenvalue weighted by molar-refractivity contribution is 5.90. The first-order valence-corrected chi connectivity index (χ1v) is 18.1. The number of carbonyl (C=O) groups is 2. The predicted octanol–water partition coefficient (Wildman–Crippen LogP) is 8.95. The molecule has 0 saturated heterocycles. The first kappa shape index (κ1) is 40.8. The van der Waals surface area contributed by atoms with Crippen molar-refractivity contribution in [2.24, 2.45) is 5.41 Å². The number of phenolic OH excluding ortho intramolecular Hbond substituents is 1. The number of aliphatic carboxylic acids is 1. The number of phenols is 1. The van der Waals surface area contributed by atoms with E-state index in [0.717, 1.165) is 36.8 Å². The van der Waals surface area contributed by atoms with Crippen LogP contribution in [0.25, 0.3) is 0 Å². The number of rotatable bonds is 10. The fourth-order valence-electron chi connectivity index (χ4n) is 8.36. The molecule has 2 aliphatic heterocycles. The minimum absolute atomic E-state index is 0.119. The lowest BCUT2D eigenvalue weighted by atomic mass is 9.58. The Hall–Kier alpha value is -2.64. The minimum Gasteiger partial charge on any atom is -0.507 e. The second kappa shape index (κ2) is 13.5. The summed E-state index contributed by atoms with van der Waals surface area (Å²) in [6, 6.07) is 4.45. The van der Waals surface area contributed by atoms with Gasteiger partial charge in [-0.3, -0.25) is 19.4 Å². The van der Waals surface area contributed by atoms with Gasteiger partial charge in [0, 0.05) is 27.6 Å². The number of carbonyl (C=O) groups excluding carboxylic acids is 1. The van der Waals surface area contributed by atoms with E-state index in [2.05, 4.69) is 145 Å². The fourth-order valence-corrected chi connectivity index (χ4v) is 8.36. The summed E-state index contributed by atoms with van der Waals surface area (Å²) in [6.07, 6.45) is 8.13. The molecule has 3 rings (SSSR count). The van der Waals surface area contributed by atoms with Gasteiger partial charge in [0.15, 0.2) is 0 Å². The van der Waals surface area contributed by atoms with Crippen molar-refractivity contribution >= 4 is 11.9 Å². The SMILES string of the molecule is CN1C(C)(C)C=C(C(CCCOC(=O)CC(=O)O)(Cc2cc(C(C)(C)C)c(O)c(C(C)(C)C)c2)C2=CC(C)(C)N(C)C(C)(C)C2)CC1(C)C. The number of nitrogens with zero attached hydrogens (tertiary/aromatic N) is 2. The van der Waals surface area contributed by atoms with Crippen LogP contribution in [0.4, 0.5) is 0 Å². The number of carboxylic acids is 1. The van der Waals surface area contributed by atoms with Crippen LogP contribution in [0.15, 0.2) is 35.4 Å². The summed E-state index contributed by atoms with van der Waals surface area (Å²) >= 11 is 0. The molecule has 7 nitrogen and oxygen atoms in total. The quantitative estimate of drug-likeness (QED) is 0.110. The van der Waals surface area contributed by atoms with E-state index < -0.39 is 23.8 Å². The summed E-state index contributed by atoms with van der Waals surface area (Å²) in [5, 5.41) is 20.8. The summed E-state index contributed by atoms with van der Waals surface area (Å²) in [5.41, 5.74) is 4.23. The molecular weight excluding hydrogens is 612 g/mol. The zero-order valence-corrected chi connectivity index (χ0v) is 33.8. The van der Waals surface area contributed by atoms with E-state index in [0.29, 0.717) is 12.2 Å². The number of aromatic hydroxyl groups is 1. The Morgan fingerprint density at radius 3 is 1.53 bits per heavy atom. The number of esters is 1. The van der Waals surface area contributed by atoms with E-state index in [1.807, 2.05) is 0 Å². The maximum atomic E-state index is 12.3. The number of ether oxygens (including phenoxy) is 1. The molecule has 1 aromatic carbocycles. The largest absolute Gasteiger partial charge is 0.507 e. The zero-order chi connectivity index (χ0) is 37.8. The van der Waals surface area contributed by atoms with Gasteiger partial charge >= 0.3 is 11.9 Å². The van der Waals surface area contributed by atoms with E-state index in [1.165, 1.54) is 16.7 Å². The number of likely N-dealkylation sites (N-methyl/N-ethyl adjacent to an activating group) is 2. The molecule has 0 amide bonds. The molecule has 7 heteroatoms. The Balaban J connectivity index is 2.41. The molecule has 0 saturated carbocycles. The van der Waals surface area contributed by atoms with Crippen molar-refractivity contribution in [3.05, 3.63) is 52.1 Å². The van der Waals surface area contributed by atoms with Gasteiger partial charge in [0.25, 0.3) is 0 Å². The monoisotopic (exact) mass is 681 g/mol. The number of carboxylic acid groups (broad SMARTS) is 1. The van der Waals surface area contributed by atoms with Crippen LogP contribution < -0.4 is 0 Å². The maximum Gasteiger partial charge on any atom is 0.317 e. The van der Waals surface area contributed by atoms with E-state index >= 15 is 0 Å². The molecule has 0 unspecified atom stereocenters. The minimum atomic E-state index is -1.18. The Morgan fingerprint density at radius 1 is 0.776 bits per heavy atom. The molecule has 276 valence electrons. The second-order valence-corrected chi connectivity index (χ2v) is 19.4. The van der Waals surface area contributed by atoms with Crippen LogP contribution in [0.1, 0.15) is 146 Å². The van der Waals surface area contributed by atoms with E-state index in [1.54, 1.807) is 0 Å². The van der Waals surface area contributed by atoms with Gasteiger partial charge in [-0.05, 0) is 129 Å². The van der Waals surface area contributed by atoms with Gasteiger partial charge in [-0.1, -0.05) is 77.0 Å². The highest BCUT2D eigenvalue weighted by Gasteiger charge is 2.50. The second-order valence-electron chi connectivity index (χ2n) is 19.4. The lowest BCUT2D eigenvalue weighted by Crippen LogP contribution is -2.58. The van der Waals surface area contributed by atoms with E-state index in [9.17, 15) is 14.7 Å². The van der Waals surface area contributed by atoms with Crippen molar-refractivity contribution in [2.75, 3.05) is 20.7 Å². The summed E-state index contributed by atoms with van der Waals surface area (Å²) in [6.45, 7) is 31.6. The summed E-state index contributed by atoms with van der Waals surface area (Å²) in [5.74, 6) is -1.51. The lowest BCUT2D eigenvalue weighted by Gasteiger charge is -2.57. The van der Waals surface area contributed by atoms with Gasteiger partial charge in [0.1, 0.15) is 12.2 Å². The van der Waals surface area contributed by atoms with Crippen LogP contribution in [-0.4, -0.2) is 74.8 Å². The molecule has 0 radical (unpaired) electrons. The molecule has 0 aliphatic carbocycles. The smallest absolute Gasteiger partial charge is 0.317 e. The highest BCUT2D eigenvalue weighted by Crippen LogP contribution is 2.55. The van der Waals surface area contributed by atoms with Crippen LogP contribution in [-0.2, 0) is 31.6 Å². The van der Waals surface area contributed by atoms with Crippen LogP contribution in [0.3, 0.4) is 0 Å². The average molecular weight is 681 g/mol. The Morgan fingerprint density at radius 2 is 1.18 bits per heavy atom. The third-order valence-electron chi connectivity index (χ3n) is 11.7. The Labute approximate surface area is 298 Å². The van der Waals surface area contributed by atoms with Crippen LogP contribution in [0.2, 0.25) is 0 Å². The number of benzene rings is 1. The summed E-state index contributed by atoms with van der Waals surface area (Å²) < 4.78 is 5.51. The van der Waals surface area contributed by atoms with Crippen molar-refractivity contribution in [3.63, 3.8) is 0 Å². The Kier molecular flexibility index (Phi) is 11.2. The first-order chi connectivity index (χ1) is 22.0. The molecule has 2 aliphatic rings. The standard InChI is InChI=1S/C42H68N2O5/c1-36(2,3)31-20-28(21-32(35(31)48)37(4,5)6)23-42(18-17-19-49-34(47)22-33(45)46,29-24-38(7,8)43(15)39(9,10)25-29)30-26-40(11,12)44(16)41(13,14)27-30/h20-21,24,26,48H,17-19,22-23,25,27H2,1-16H3,(H,45,46). The molecule has 49 heavy (non-hydrogen) atoms. The van der Waals surface area contributed by atoms with Crippen molar-refractivity contribution in [1.82, 2.24) is 9.80 Å². The van der Waals surface area contributed by atoms with Crippen LogP contribution in [0.5, 0.6) is 5.75 Å². The molecule has 2 N–H and O–H groups in total. The molecule has 0 bridgehead atoms. The topological polar surface area (TPSA) is 90.3 Å². The van der Waals surface area contributed by atoms with Gasteiger partial charge in [-0.2, -0.15) is 0 Å². The van der Waals surface area contributed by atoms with Gasteiger partial charge in [0.05, 0.1) is 6.61 Å². The van der Waals surface area contributed by atoms with Gasteiger partial charge < -0.3 is 14.9 Å². The van der Waals surface area contributed by atoms with Crippen molar-refractivity contribution < 1.29 is 24.5 Å². The zero-order valence-electron chi connectivity index (χ0n) is 33.8. The summed E-state index contributed by atoms with van der Waals surface area (Å²) in [7, 11) is 4.42. The molecule has 1 aromatic rings. The van der Waals surface area contributed by atoms with Gasteiger partial charge in [-0.15, -0.1) is 0 Å². The summed E-state index contributed by atoms with van der Waals surface area (Å²) in [4.78, 5) is 28.4. The first-order valence-electron chi connectivity index (χ1n) is 18.1. The molecule has 0 aromatic heterocycles. The van der Waals surface area contributed by atoms with Crippen molar-refractivity contribution in [1.29, 1.82) is 0 Å². The molecule has 2 heterocycles. The van der Waals surface area contributed by atoms with Crippen LogP contribution >= 0.6 is 0 Å². The van der Waals surface area contributed by atoms with Crippen molar-refractivity contribution in [2.45, 2.75) is 168 Å². The number of hydrogen-bond donors (Lipinski definition) is 2. The average Bonchev–Trinajstić information content (AvgIpc) is 2.90. The van der Waals surface area contributed by atoms with E-state index in [4.69, 9.17) is 9.84 Å². The normalized spacial score (nSPS) is 21.1. The highest BCUT2D eigenvalue weighted by atomic mass is 16.5. The lowest BCUT2D eigenvalue weighted by molar-refractivity contribution is -0.151. The third-order valence-corrected chi connectivity index (χ3v) is 11.7. The maximum absolute atomic E-state index is 12.3. The van der Waals surface area contributed by atoms with E-state index in [-0.39, 0.29) is 39.6 Å². The molecular formula is C42H68N2O5. The van der Waals surface area contributed by atoms with Gasteiger partial charge in [-0.25, -0.2) is 0 Å². The third kappa shape index (κ3) is 8.81. The fraction of sp³-hybridized carbons (Fsp3) is 0.714. The molecule has 0 atom stereocenters. The Bertz CT molecular complexity index is 1390.